The number of carbonyl (C=O) groups excluding carboxylic acids is 2. The molecule has 2 N–H and O–H groups in total. The first-order valence-corrected chi connectivity index (χ1v) is 7.18. The Morgan fingerprint density at radius 3 is 2.65 bits per heavy atom. The molecule has 0 fully saturated rings. The molecule has 110 valence electrons. The first-order valence-electron chi connectivity index (χ1n) is 6.03. The molecule has 6 nitrogen and oxygen atoms in total. The minimum absolute atomic E-state index is 0.397. The molecule has 0 aromatic carbocycles. The van der Waals surface area contributed by atoms with Crippen LogP contribution in [0.1, 0.15) is 22.5 Å². The van der Waals surface area contributed by atoms with Crippen LogP contribution in [0.15, 0.2) is 18.3 Å². The summed E-state index contributed by atoms with van der Waals surface area (Å²) >= 11 is 1.62. The van der Waals surface area contributed by atoms with Crippen LogP contribution < -0.4 is 5.73 Å². The lowest BCUT2D eigenvalue weighted by atomic mass is 10.2. The van der Waals surface area contributed by atoms with E-state index in [2.05, 4.69) is 14.5 Å². The molecule has 0 aliphatic carbocycles. The Morgan fingerprint density at radius 1 is 1.35 bits per heavy atom. The third-order valence-corrected chi connectivity index (χ3v) is 3.60. The zero-order chi connectivity index (χ0) is 15.0. The van der Waals surface area contributed by atoms with Gasteiger partial charge in [-0.05, 0) is 24.3 Å². The van der Waals surface area contributed by atoms with Crippen molar-refractivity contribution in [2.24, 2.45) is 5.73 Å². The van der Waals surface area contributed by atoms with Crippen molar-refractivity contribution in [2.45, 2.75) is 18.2 Å². The summed E-state index contributed by atoms with van der Waals surface area (Å²) in [5.74, 6) is 0.624. The van der Waals surface area contributed by atoms with Crippen LogP contribution in [0, 0.1) is 0 Å². The number of aromatic nitrogens is 1. The number of esters is 2. The molecule has 1 unspecified atom stereocenters. The fourth-order valence-corrected chi connectivity index (χ4v) is 2.35. The number of carbonyl (C=O) groups is 2. The molecule has 0 bridgehead atoms. The van der Waals surface area contributed by atoms with Crippen molar-refractivity contribution < 1.29 is 19.1 Å². The van der Waals surface area contributed by atoms with E-state index in [-0.39, 0.29) is 0 Å². The molecule has 1 aromatic rings. The first-order chi connectivity index (χ1) is 9.58. The van der Waals surface area contributed by atoms with E-state index in [0.717, 1.165) is 11.4 Å². The van der Waals surface area contributed by atoms with Gasteiger partial charge in [-0.1, -0.05) is 0 Å². The summed E-state index contributed by atoms with van der Waals surface area (Å²) in [6.45, 7) is 0. The number of nitrogens with two attached hydrogens (primary N) is 1. The largest absolute Gasteiger partial charge is 0.468 e. The zero-order valence-electron chi connectivity index (χ0n) is 11.5. The highest BCUT2D eigenvalue weighted by atomic mass is 32.2. The van der Waals surface area contributed by atoms with Crippen LogP contribution >= 0.6 is 11.8 Å². The summed E-state index contributed by atoms with van der Waals surface area (Å²) in [6, 6.07) is 2.87. The van der Waals surface area contributed by atoms with Crippen LogP contribution in [0.3, 0.4) is 0 Å². The molecule has 0 aliphatic rings. The summed E-state index contributed by atoms with van der Waals surface area (Å²) in [4.78, 5) is 26.5. The van der Waals surface area contributed by atoms with Gasteiger partial charge in [0, 0.05) is 11.9 Å². The second-order valence-corrected chi connectivity index (χ2v) is 5.11. The van der Waals surface area contributed by atoms with Crippen molar-refractivity contribution in [3.8, 4) is 0 Å². The van der Waals surface area contributed by atoms with Gasteiger partial charge in [0.05, 0.1) is 25.5 Å². The Labute approximate surface area is 122 Å². The summed E-state index contributed by atoms with van der Waals surface area (Å²) in [6.07, 6.45) is 2.04. The average molecular weight is 298 g/mol. The van der Waals surface area contributed by atoms with Crippen molar-refractivity contribution in [1.29, 1.82) is 0 Å². The quantitative estimate of drug-likeness (QED) is 0.593. The molecule has 1 atom stereocenters. The topological polar surface area (TPSA) is 91.5 Å². The Bertz CT molecular complexity index is 450. The van der Waals surface area contributed by atoms with Gasteiger partial charge in [0.2, 0.25) is 0 Å². The second kappa shape index (κ2) is 8.55. The molecular formula is C13H18N2O4S. The summed E-state index contributed by atoms with van der Waals surface area (Å²) < 4.78 is 9.14. The SMILES string of the molecule is COC(=O)c1ccc(CSCCC(N)C(=O)OC)nc1. The van der Waals surface area contributed by atoms with E-state index in [9.17, 15) is 9.59 Å². The lowest BCUT2D eigenvalue weighted by Crippen LogP contribution is -2.31. The lowest BCUT2D eigenvalue weighted by Gasteiger charge is -2.08. The molecule has 0 aliphatic heterocycles. The number of ether oxygens (including phenoxy) is 2. The van der Waals surface area contributed by atoms with Crippen LogP contribution in [-0.2, 0) is 20.0 Å². The fraction of sp³-hybridized carbons (Fsp3) is 0.462. The van der Waals surface area contributed by atoms with Gasteiger partial charge in [0.1, 0.15) is 6.04 Å². The summed E-state index contributed by atoms with van der Waals surface area (Å²) in [7, 11) is 2.65. The first kappa shape index (κ1) is 16.5. The smallest absolute Gasteiger partial charge is 0.339 e. The van der Waals surface area contributed by atoms with E-state index in [4.69, 9.17) is 5.73 Å². The molecule has 1 heterocycles. The number of hydrogen-bond donors (Lipinski definition) is 1. The van der Waals surface area contributed by atoms with Gasteiger partial charge in [-0.2, -0.15) is 11.8 Å². The van der Waals surface area contributed by atoms with E-state index in [1.165, 1.54) is 20.4 Å². The molecule has 1 aromatic heterocycles. The van der Waals surface area contributed by atoms with E-state index >= 15 is 0 Å². The Balaban J connectivity index is 2.32. The normalized spacial score (nSPS) is 11.8. The highest BCUT2D eigenvalue weighted by molar-refractivity contribution is 7.98. The monoisotopic (exact) mass is 298 g/mol. The summed E-state index contributed by atoms with van der Waals surface area (Å²) in [5.41, 5.74) is 6.90. The minimum atomic E-state index is -0.581. The molecule has 7 heteroatoms. The maximum absolute atomic E-state index is 11.2. The molecule has 0 radical (unpaired) electrons. The third kappa shape index (κ3) is 5.18. The number of pyridine rings is 1. The van der Waals surface area contributed by atoms with Crippen molar-refractivity contribution in [3.05, 3.63) is 29.6 Å². The van der Waals surface area contributed by atoms with Crippen LogP contribution in [0.5, 0.6) is 0 Å². The predicted molar refractivity (Wildman–Crippen MR) is 76.3 cm³/mol. The van der Waals surface area contributed by atoms with Gasteiger partial charge in [-0.25, -0.2) is 4.79 Å². The zero-order valence-corrected chi connectivity index (χ0v) is 12.3. The number of nitrogens with zero attached hydrogens (tertiary/aromatic N) is 1. The molecule has 0 saturated carbocycles. The maximum atomic E-state index is 11.2. The van der Waals surface area contributed by atoms with Crippen LogP contribution in [-0.4, -0.2) is 42.9 Å². The van der Waals surface area contributed by atoms with Gasteiger partial charge in [-0.3, -0.25) is 9.78 Å². The molecule has 0 spiro atoms. The Morgan fingerprint density at radius 2 is 2.10 bits per heavy atom. The van der Waals surface area contributed by atoms with Gasteiger partial charge >= 0.3 is 11.9 Å². The minimum Gasteiger partial charge on any atom is -0.468 e. The Hall–Kier alpha value is -1.60. The van der Waals surface area contributed by atoms with Crippen molar-refractivity contribution >= 4 is 23.7 Å². The van der Waals surface area contributed by atoms with Crippen LogP contribution in [0.2, 0.25) is 0 Å². The van der Waals surface area contributed by atoms with Crippen LogP contribution in [0.4, 0.5) is 0 Å². The van der Waals surface area contributed by atoms with Crippen molar-refractivity contribution in [2.75, 3.05) is 20.0 Å². The summed E-state index contributed by atoms with van der Waals surface area (Å²) in [5, 5.41) is 0. The number of rotatable bonds is 7. The number of hydrogen-bond acceptors (Lipinski definition) is 7. The fourth-order valence-electron chi connectivity index (χ4n) is 1.40. The molecule has 1 rings (SSSR count). The third-order valence-electron chi connectivity index (χ3n) is 2.57. The van der Waals surface area contributed by atoms with Gasteiger partial charge in [0.15, 0.2) is 0 Å². The average Bonchev–Trinajstić information content (AvgIpc) is 2.50. The van der Waals surface area contributed by atoms with E-state index in [0.29, 0.717) is 17.7 Å². The molecule has 0 saturated heterocycles. The molecular weight excluding hydrogens is 280 g/mol. The Kier molecular flexibility index (Phi) is 7.03. The van der Waals surface area contributed by atoms with Gasteiger partial charge in [0.25, 0.3) is 0 Å². The van der Waals surface area contributed by atoms with Crippen molar-refractivity contribution in [1.82, 2.24) is 4.98 Å². The highest BCUT2D eigenvalue weighted by Gasteiger charge is 2.12. The van der Waals surface area contributed by atoms with E-state index in [1.807, 2.05) is 0 Å². The molecule has 0 amide bonds. The number of thioether (sulfide) groups is 1. The van der Waals surface area contributed by atoms with E-state index < -0.39 is 18.0 Å². The van der Waals surface area contributed by atoms with E-state index in [1.54, 1.807) is 23.9 Å². The molecule has 20 heavy (non-hydrogen) atoms. The van der Waals surface area contributed by atoms with Gasteiger partial charge in [-0.15, -0.1) is 0 Å². The highest BCUT2D eigenvalue weighted by Crippen LogP contribution is 2.13. The standard InChI is InChI=1S/C13H18N2O4S/c1-18-12(16)9-3-4-10(15-7-9)8-20-6-5-11(14)13(17)19-2/h3-4,7,11H,5-6,8,14H2,1-2H3. The van der Waals surface area contributed by atoms with Crippen molar-refractivity contribution in [3.63, 3.8) is 0 Å². The van der Waals surface area contributed by atoms with Gasteiger partial charge < -0.3 is 15.2 Å². The number of methoxy groups -OCH3 is 2. The maximum Gasteiger partial charge on any atom is 0.339 e. The predicted octanol–water partition coefficient (Wildman–Crippen LogP) is 0.992. The lowest BCUT2D eigenvalue weighted by molar-refractivity contribution is -0.142. The van der Waals surface area contributed by atoms with Crippen LogP contribution in [0.25, 0.3) is 0 Å². The second-order valence-electron chi connectivity index (χ2n) is 4.00.